The predicted molar refractivity (Wildman–Crippen MR) is 119 cm³/mol. The second kappa shape index (κ2) is 9.10. The molecule has 0 unspecified atom stereocenters. The third-order valence-corrected chi connectivity index (χ3v) is 5.70. The number of aromatic hydroxyl groups is 1. The number of carboxylic acids is 1. The molecule has 0 aromatic heterocycles. The Bertz CT molecular complexity index is 1060. The van der Waals surface area contributed by atoms with E-state index in [-0.39, 0.29) is 30.1 Å². The Balaban J connectivity index is 1.61. The average molecular weight is 443 g/mol. The van der Waals surface area contributed by atoms with Gasteiger partial charge in [-0.1, -0.05) is 53.8 Å². The molecule has 1 heterocycles. The van der Waals surface area contributed by atoms with Crippen molar-refractivity contribution in [2.24, 2.45) is 0 Å². The number of phenols is 1. The van der Waals surface area contributed by atoms with Crippen LogP contribution in [0.15, 0.2) is 47.4 Å². The van der Waals surface area contributed by atoms with Crippen molar-refractivity contribution in [3.05, 3.63) is 64.1 Å². The molecular formula is C21H18N2O5S2. The Morgan fingerprint density at radius 1 is 1.20 bits per heavy atom. The third-order valence-electron chi connectivity index (χ3n) is 4.32. The van der Waals surface area contributed by atoms with E-state index in [1.54, 1.807) is 6.08 Å². The number of benzene rings is 2. The van der Waals surface area contributed by atoms with E-state index in [4.69, 9.17) is 17.3 Å². The summed E-state index contributed by atoms with van der Waals surface area (Å²) in [6.07, 6.45) is 1.75. The van der Waals surface area contributed by atoms with Crippen molar-refractivity contribution in [3.8, 4) is 5.75 Å². The zero-order valence-corrected chi connectivity index (χ0v) is 17.5. The molecule has 2 aromatic rings. The zero-order chi connectivity index (χ0) is 21.8. The Hall–Kier alpha value is -3.17. The summed E-state index contributed by atoms with van der Waals surface area (Å²) in [6, 6.07) is 11.5. The summed E-state index contributed by atoms with van der Waals surface area (Å²) in [5.41, 5.74) is 1.93. The lowest BCUT2D eigenvalue weighted by Gasteiger charge is -2.14. The Morgan fingerprint density at radius 2 is 1.90 bits per heavy atom. The van der Waals surface area contributed by atoms with E-state index in [9.17, 15) is 19.5 Å². The van der Waals surface area contributed by atoms with Crippen LogP contribution in [0, 0.1) is 6.92 Å². The van der Waals surface area contributed by atoms with Crippen LogP contribution in [0.3, 0.4) is 0 Å². The molecule has 3 N–H and O–H groups in total. The molecule has 2 aromatic carbocycles. The summed E-state index contributed by atoms with van der Waals surface area (Å²) in [5.74, 6) is -2.36. The summed E-state index contributed by atoms with van der Waals surface area (Å²) >= 11 is 6.46. The number of hydrogen-bond acceptors (Lipinski definition) is 6. The predicted octanol–water partition coefficient (Wildman–Crippen LogP) is 3.63. The smallest absolute Gasteiger partial charge is 0.339 e. The van der Waals surface area contributed by atoms with Crippen LogP contribution >= 0.6 is 24.0 Å². The number of anilines is 1. The Kier molecular flexibility index (Phi) is 6.53. The number of rotatable bonds is 6. The van der Waals surface area contributed by atoms with E-state index in [1.165, 1.54) is 34.9 Å². The molecule has 1 aliphatic heterocycles. The van der Waals surface area contributed by atoms with E-state index in [0.29, 0.717) is 9.23 Å². The first kappa shape index (κ1) is 21.5. The van der Waals surface area contributed by atoms with E-state index >= 15 is 0 Å². The van der Waals surface area contributed by atoms with Crippen LogP contribution in [0.4, 0.5) is 5.69 Å². The zero-order valence-electron chi connectivity index (χ0n) is 15.9. The molecule has 3 rings (SSSR count). The third kappa shape index (κ3) is 5.05. The molecule has 0 aliphatic carbocycles. The number of aromatic carboxylic acids is 1. The molecule has 1 fully saturated rings. The van der Waals surface area contributed by atoms with Gasteiger partial charge < -0.3 is 15.5 Å². The maximum Gasteiger partial charge on any atom is 0.339 e. The van der Waals surface area contributed by atoms with E-state index < -0.39 is 17.6 Å². The van der Waals surface area contributed by atoms with Crippen molar-refractivity contribution < 1.29 is 24.6 Å². The quantitative estimate of drug-likeness (QED) is 0.356. The topological polar surface area (TPSA) is 107 Å². The lowest BCUT2D eigenvalue weighted by atomic mass is 10.1. The number of carbonyl (C=O) groups is 3. The van der Waals surface area contributed by atoms with Crippen LogP contribution in [0.2, 0.25) is 0 Å². The fourth-order valence-corrected chi connectivity index (χ4v) is 4.04. The van der Waals surface area contributed by atoms with Crippen molar-refractivity contribution >= 4 is 57.8 Å². The van der Waals surface area contributed by atoms with Crippen LogP contribution in [-0.2, 0) is 9.59 Å². The van der Waals surface area contributed by atoms with Gasteiger partial charge in [0.1, 0.15) is 15.6 Å². The minimum absolute atomic E-state index is 0.0203. The second-order valence-electron chi connectivity index (χ2n) is 6.58. The number of carbonyl (C=O) groups excluding carboxylic acids is 2. The Labute approximate surface area is 182 Å². The highest BCUT2D eigenvalue weighted by Gasteiger charge is 2.32. The van der Waals surface area contributed by atoms with Gasteiger partial charge in [0.05, 0.1) is 4.91 Å². The summed E-state index contributed by atoms with van der Waals surface area (Å²) in [7, 11) is 0. The van der Waals surface area contributed by atoms with E-state index in [0.717, 1.165) is 11.1 Å². The molecule has 0 saturated carbocycles. The summed E-state index contributed by atoms with van der Waals surface area (Å²) in [4.78, 5) is 37.8. The lowest BCUT2D eigenvalue weighted by molar-refractivity contribution is -0.122. The van der Waals surface area contributed by atoms with Crippen LogP contribution in [0.5, 0.6) is 5.75 Å². The molecule has 154 valence electrons. The van der Waals surface area contributed by atoms with Gasteiger partial charge in [-0.25, -0.2) is 4.79 Å². The number of amides is 2. The number of carboxylic acid groups (broad SMARTS) is 1. The molecule has 1 aliphatic rings. The van der Waals surface area contributed by atoms with Gasteiger partial charge in [-0.2, -0.15) is 0 Å². The van der Waals surface area contributed by atoms with Crippen LogP contribution in [-0.4, -0.2) is 43.8 Å². The maximum atomic E-state index is 12.6. The normalized spacial score (nSPS) is 15.0. The van der Waals surface area contributed by atoms with Gasteiger partial charge in [0.2, 0.25) is 5.91 Å². The molecule has 0 bridgehead atoms. The van der Waals surface area contributed by atoms with Crippen LogP contribution < -0.4 is 5.32 Å². The second-order valence-corrected chi connectivity index (χ2v) is 8.26. The number of nitrogens with one attached hydrogen (secondary N) is 1. The number of thiocarbonyl (C=S) groups is 1. The van der Waals surface area contributed by atoms with Gasteiger partial charge in [0, 0.05) is 18.7 Å². The summed E-state index contributed by atoms with van der Waals surface area (Å²) < 4.78 is 0.379. The van der Waals surface area contributed by atoms with Gasteiger partial charge in [-0.3, -0.25) is 14.5 Å². The number of hydrogen-bond donors (Lipinski definition) is 3. The molecule has 0 radical (unpaired) electrons. The van der Waals surface area contributed by atoms with Crippen molar-refractivity contribution in [2.75, 3.05) is 11.9 Å². The highest BCUT2D eigenvalue weighted by molar-refractivity contribution is 8.26. The molecular weight excluding hydrogens is 424 g/mol. The number of thioether (sulfide) groups is 1. The van der Waals surface area contributed by atoms with Crippen molar-refractivity contribution in [3.63, 3.8) is 0 Å². The first-order chi connectivity index (χ1) is 14.2. The van der Waals surface area contributed by atoms with Gasteiger partial charge >= 0.3 is 5.97 Å². The minimum atomic E-state index is -1.30. The molecule has 7 nitrogen and oxygen atoms in total. The fourth-order valence-electron chi connectivity index (χ4n) is 2.73. The molecule has 2 amide bonds. The van der Waals surface area contributed by atoms with Crippen molar-refractivity contribution in [1.29, 1.82) is 0 Å². The van der Waals surface area contributed by atoms with Gasteiger partial charge in [-0.15, -0.1) is 0 Å². The first-order valence-corrected chi connectivity index (χ1v) is 10.2. The lowest BCUT2D eigenvalue weighted by Crippen LogP contribution is -2.31. The van der Waals surface area contributed by atoms with Crippen molar-refractivity contribution in [1.82, 2.24) is 4.90 Å². The van der Waals surface area contributed by atoms with Crippen LogP contribution in [0.1, 0.15) is 27.9 Å². The van der Waals surface area contributed by atoms with E-state index in [1.807, 2.05) is 31.2 Å². The molecule has 1 saturated heterocycles. The molecule has 0 atom stereocenters. The van der Waals surface area contributed by atoms with Crippen molar-refractivity contribution in [2.45, 2.75) is 13.3 Å². The largest absolute Gasteiger partial charge is 0.507 e. The monoisotopic (exact) mass is 442 g/mol. The number of aryl methyl sites for hydroxylation is 1. The maximum absolute atomic E-state index is 12.6. The number of nitrogens with zero attached hydrogens (tertiary/aromatic N) is 1. The molecule has 9 heteroatoms. The Morgan fingerprint density at radius 3 is 2.57 bits per heavy atom. The summed E-state index contributed by atoms with van der Waals surface area (Å²) in [5, 5.41) is 21.1. The average Bonchev–Trinajstić information content (AvgIpc) is 2.96. The fraction of sp³-hybridized carbons (Fsp3) is 0.143. The van der Waals surface area contributed by atoms with Gasteiger partial charge in [0.25, 0.3) is 5.91 Å². The minimum Gasteiger partial charge on any atom is -0.507 e. The van der Waals surface area contributed by atoms with E-state index in [2.05, 4.69) is 5.32 Å². The molecule has 0 spiro atoms. The SMILES string of the molecule is Cc1ccc(/C=C2\SC(=S)N(CCC(=O)Nc3ccc(O)c(C(=O)O)c3)C2=O)cc1. The molecule has 30 heavy (non-hydrogen) atoms. The first-order valence-electron chi connectivity index (χ1n) is 8.93. The van der Waals surface area contributed by atoms with Gasteiger partial charge in [0.15, 0.2) is 0 Å². The standard InChI is InChI=1S/C21H18N2O5S2/c1-12-2-4-13(5-3-12)10-17-19(26)23(21(29)30-17)9-8-18(25)22-14-6-7-16(24)15(11-14)20(27)28/h2-7,10-11,24H,8-9H2,1H3,(H,22,25)(H,27,28)/b17-10-. The summed E-state index contributed by atoms with van der Waals surface area (Å²) in [6.45, 7) is 2.08. The van der Waals surface area contributed by atoms with Gasteiger partial charge in [-0.05, 0) is 36.8 Å². The highest BCUT2D eigenvalue weighted by atomic mass is 32.2. The van der Waals surface area contributed by atoms with Crippen LogP contribution in [0.25, 0.3) is 6.08 Å². The highest BCUT2D eigenvalue weighted by Crippen LogP contribution is 2.32.